The monoisotopic (exact) mass is 243 g/mol. The van der Waals surface area contributed by atoms with Crippen LogP contribution in [0, 0.1) is 0 Å². The Balaban J connectivity index is 2.07. The fourth-order valence-corrected chi connectivity index (χ4v) is 2.03. The summed E-state index contributed by atoms with van der Waals surface area (Å²) in [6.07, 6.45) is 5.87. The number of nitrogens with one attached hydrogen (secondary N) is 3. The molecule has 1 saturated carbocycles. The highest BCUT2D eigenvalue weighted by atomic mass is 32.1. The zero-order valence-electron chi connectivity index (χ0n) is 9.84. The fraction of sp³-hybridized carbons (Fsp3) is 0.818. The van der Waals surface area contributed by atoms with Crippen LogP contribution in [0.25, 0.3) is 0 Å². The Morgan fingerprint density at radius 3 is 2.62 bits per heavy atom. The van der Waals surface area contributed by atoms with Gasteiger partial charge in [0.05, 0.1) is 6.54 Å². The zero-order valence-corrected chi connectivity index (χ0v) is 10.7. The van der Waals surface area contributed by atoms with Crippen LogP contribution in [0.2, 0.25) is 0 Å². The van der Waals surface area contributed by atoms with Gasteiger partial charge in [0.2, 0.25) is 5.91 Å². The van der Waals surface area contributed by atoms with E-state index in [0.717, 1.165) is 13.0 Å². The van der Waals surface area contributed by atoms with E-state index in [1.54, 1.807) is 0 Å². The average molecular weight is 243 g/mol. The van der Waals surface area contributed by atoms with E-state index in [9.17, 15) is 4.79 Å². The highest BCUT2D eigenvalue weighted by Crippen LogP contribution is 2.17. The summed E-state index contributed by atoms with van der Waals surface area (Å²) in [7, 11) is 0. The van der Waals surface area contributed by atoms with Crippen molar-refractivity contribution in [1.82, 2.24) is 16.0 Å². The van der Waals surface area contributed by atoms with E-state index in [0.29, 0.717) is 11.2 Å². The highest BCUT2D eigenvalue weighted by molar-refractivity contribution is 7.80. The lowest BCUT2D eigenvalue weighted by Gasteiger charge is -2.15. The maximum Gasteiger partial charge on any atom is 0.239 e. The van der Waals surface area contributed by atoms with Crippen LogP contribution >= 0.6 is 12.2 Å². The summed E-state index contributed by atoms with van der Waals surface area (Å²) in [6.45, 7) is 3.02. The van der Waals surface area contributed by atoms with Crippen molar-refractivity contribution in [3.63, 3.8) is 0 Å². The molecule has 0 aromatic carbocycles. The van der Waals surface area contributed by atoms with Crippen molar-refractivity contribution in [3.05, 3.63) is 0 Å². The minimum absolute atomic E-state index is 0.00239. The molecule has 0 spiro atoms. The standard InChI is InChI=1S/C11H21N3OS/c1-2-7-12-10(15)8-13-11(16)14-9-5-3-4-6-9/h9H,2-8H2,1H3,(H,12,15)(H2,13,14,16). The van der Waals surface area contributed by atoms with E-state index < -0.39 is 0 Å². The molecule has 0 aromatic heterocycles. The first kappa shape index (κ1) is 13.2. The number of rotatable bonds is 5. The van der Waals surface area contributed by atoms with Gasteiger partial charge in [0.1, 0.15) is 0 Å². The predicted octanol–water partition coefficient (Wildman–Crippen LogP) is 0.919. The van der Waals surface area contributed by atoms with Gasteiger partial charge >= 0.3 is 0 Å². The quantitative estimate of drug-likeness (QED) is 0.629. The van der Waals surface area contributed by atoms with Gasteiger partial charge in [-0.2, -0.15) is 0 Å². The lowest BCUT2D eigenvalue weighted by atomic mass is 10.3. The molecule has 1 amide bonds. The topological polar surface area (TPSA) is 53.2 Å². The molecule has 0 bridgehead atoms. The number of hydrogen-bond donors (Lipinski definition) is 3. The van der Waals surface area contributed by atoms with E-state index in [-0.39, 0.29) is 12.5 Å². The van der Waals surface area contributed by atoms with Gasteiger partial charge in [-0.15, -0.1) is 0 Å². The normalized spacial score (nSPS) is 15.8. The smallest absolute Gasteiger partial charge is 0.239 e. The molecule has 1 aliphatic rings. The van der Waals surface area contributed by atoms with E-state index in [2.05, 4.69) is 16.0 Å². The number of carbonyl (C=O) groups is 1. The van der Waals surface area contributed by atoms with Gasteiger partial charge in [-0.3, -0.25) is 4.79 Å². The Kier molecular flexibility index (Phi) is 6.15. The third kappa shape index (κ3) is 5.30. The Labute approximate surface area is 103 Å². The highest BCUT2D eigenvalue weighted by Gasteiger charge is 2.15. The molecule has 5 heteroatoms. The molecule has 16 heavy (non-hydrogen) atoms. The number of carbonyl (C=O) groups excluding carboxylic acids is 1. The summed E-state index contributed by atoms with van der Waals surface area (Å²) < 4.78 is 0. The first-order valence-electron chi connectivity index (χ1n) is 6.03. The van der Waals surface area contributed by atoms with Gasteiger partial charge < -0.3 is 16.0 Å². The van der Waals surface area contributed by atoms with E-state index >= 15 is 0 Å². The second-order valence-electron chi connectivity index (χ2n) is 4.16. The van der Waals surface area contributed by atoms with E-state index in [4.69, 9.17) is 12.2 Å². The largest absolute Gasteiger partial charge is 0.360 e. The van der Waals surface area contributed by atoms with Crippen LogP contribution in [-0.2, 0) is 4.79 Å². The molecule has 0 saturated heterocycles. The molecule has 0 heterocycles. The van der Waals surface area contributed by atoms with Crippen molar-refractivity contribution in [2.75, 3.05) is 13.1 Å². The van der Waals surface area contributed by atoms with Gasteiger partial charge in [-0.25, -0.2) is 0 Å². The Bertz CT molecular complexity index is 239. The molecule has 4 nitrogen and oxygen atoms in total. The zero-order chi connectivity index (χ0) is 11.8. The van der Waals surface area contributed by atoms with Crippen molar-refractivity contribution in [2.24, 2.45) is 0 Å². The average Bonchev–Trinajstić information content (AvgIpc) is 2.76. The summed E-state index contributed by atoms with van der Waals surface area (Å²) in [5.41, 5.74) is 0. The molecule has 0 atom stereocenters. The van der Waals surface area contributed by atoms with E-state index in [1.165, 1.54) is 25.7 Å². The molecule has 0 aliphatic heterocycles. The molecule has 0 radical (unpaired) electrons. The fourth-order valence-electron chi connectivity index (χ4n) is 1.79. The van der Waals surface area contributed by atoms with Crippen LogP contribution in [0.3, 0.4) is 0 Å². The Hall–Kier alpha value is -0.840. The maximum atomic E-state index is 11.3. The van der Waals surface area contributed by atoms with Crippen LogP contribution in [0.5, 0.6) is 0 Å². The van der Waals surface area contributed by atoms with E-state index in [1.807, 2.05) is 6.92 Å². The van der Waals surface area contributed by atoms with Crippen molar-refractivity contribution in [3.8, 4) is 0 Å². The summed E-state index contributed by atoms with van der Waals surface area (Å²) in [5, 5.41) is 9.55. The number of amides is 1. The minimum Gasteiger partial charge on any atom is -0.360 e. The minimum atomic E-state index is -0.00239. The number of thiocarbonyl (C=S) groups is 1. The van der Waals surface area contributed by atoms with Crippen LogP contribution in [-0.4, -0.2) is 30.2 Å². The lowest BCUT2D eigenvalue weighted by Crippen LogP contribution is -2.44. The predicted molar refractivity (Wildman–Crippen MR) is 69.3 cm³/mol. The second-order valence-corrected chi connectivity index (χ2v) is 4.57. The Morgan fingerprint density at radius 1 is 1.31 bits per heavy atom. The summed E-state index contributed by atoms with van der Waals surface area (Å²) in [5.74, 6) is -0.00239. The molecule has 1 aliphatic carbocycles. The molecular formula is C11H21N3OS. The van der Waals surface area contributed by atoms with Crippen molar-refractivity contribution in [1.29, 1.82) is 0 Å². The summed E-state index contributed by atoms with van der Waals surface area (Å²) in [6, 6.07) is 0.499. The second kappa shape index (κ2) is 7.44. The van der Waals surface area contributed by atoms with Gasteiger partial charge in [0, 0.05) is 12.6 Å². The lowest BCUT2D eigenvalue weighted by molar-refractivity contribution is -0.119. The molecule has 92 valence electrons. The van der Waals surface area contributed by atoms with Crippen LogP contribution in [0.4, 0.5) is 0 Å². The van der Waals surface area contributed by atoms with Gasteiger partial charge in [-0.1, -0.05) is 19.8 Å². The molecule has 0 unspecified atom stereocenters. The molecule has 1 fully saturated rings. The van der Waals surface area contributed by atoms with Gasteiger partial charge in [-0.05, 0) is 31.5 Å². The summed E-state index contributed by atoms with van der Waals surface area (Å²) in [4.78, 5) is 11.3. The summed E-state index contributed by atoms with van der Waals surface area (Å²) >= 11 is 5.12. The number of hydrogen-bond acceptors (Lipinski definition) is 2. The van der Waals surface area contributed by atoms with Gasteiger partial charge in [0.25, 0.3) is 0 Å². The van der Waals surface area contributed by atoms with Crippen LogP contribution in [0.1, 0.15) is 39.0 Å². The molecular weight excluding hydrogens is 222 g/mol. The van der Waals surface area contributed by atoms with Crippen molar-refractivity contribution in [2.45, 2.75) is 45.1 Å². The van der Waals surface area contributed by atoms with Gasteiger partial charge in [0.15, 0.2) is 5.11 Å². The van der Waals surface area contributed by atoms with Crippen molar-refractivity contribution < 1.29 is 4.79 Å². The molecule has 0 aromatic rings. The van der Waals surface area contributed by atoms with Crippen LogP contribution < -0.4 is 16.0 Å². The first-order chi connectivity index (χ1) is 7.72. The maximum absolute atomic E-state index is 11.3. The SMILES string of the molecule is CCCNC(=O)CNC(=S)NC1CCCC1. The molecule has 1 rings (SSSR count). The third-order valence-electron chi connectivity index (χ3n) is 2.67. The van der Waals surface area contributed by atoms with Crippen molar-refractivity contribution >= 4 is 23.2 Å². The first-order valence-corrected chi connectivity index (χ1v) is 6.44. The van der Waals surface area contributed by atoms with Crippen LogP contribution in [0.15, 0.2) is 0 Å². The Morgan fingerprint density at radius 2 is 2.00 bits per heavy atom. The third-order valence-corrected chi connectivity index (χ3v) is 2.93. The molecule has 3 N–H and O–H groups in total.